The maximum absolute atomic E-state index is 12.5. The highest BCUT2D eigenvalue weighted by Gasteiger charge is 2.33. The molecule has 1 N–H and O–H groups in total. The van der Waals surface area contributed by atoms with E-state index in [-0.39, 0.29) is 10.8 Å². The lowest BCUT2D eigenvalue weighted by atomic mass is 10.1. The quantitative estimate of drug-likeness (QED) is 0.896. The number of sulfonamides is 1. The number of hydrogen-bond acceptors (Lipinski definition) is 5. The Morgan fingerprint density at radius 3 is 2.58 bits per heavy atom. The molecule has 2 rings (SSSR count). The van der Waals surface area contributed by atoms with Crippen molar-refractivity contribution in [3.63, 3.8) is 0 Å². The fraction of sp³-hybridized carbons (Fsp3) is 0.750. The van der Waals surface area contributed by atoms with Crippen LogP contribution in [-0.2, 0) is 10.0 Å². The van der Waals surface area contributed by atoms with E-state index in [2.05, 4.69) is 5.16 Å². The topological polar surface area (TPSA) is 83.6 Å². The summed E-state index contributed by atoms with van der Waals surface area (Å²) in [6.07, 6.45) is 2.17. The minimum Gasteiger partial charge on any atom is -0.393 e. The Balaban J connectivity index is 2.20. The third-order valence-corrected chi connectivity index (χ3v) is 5.82. The molecule has 1 saturated carbocycles. The van der Waals surface area contributed by atoms with Gasteiger partial charge >= 0.3 is 0 Å². The van der Waals surface area contributed by atoms with Crippen LogP contribution in [-0.4, -0.2) is 42.7 Å². The van der Waals surface area contributed by atoms with E-state index in [0.717, 1.165) is 19.3 Å². The Kier molecular flexibility index (Phi) is 3.98. The van der Waals surface area contributed by atoms with Gasteiger partial charge in [-0.05, 0) is 32.6 Å². The summed E-state index contributed by atoms with van der Waals surface area (Å²) in [5.74, 6) is 0.316. The molecule has 1 aromatic rings. The fourth-order valence-corrected chi connectivity index (χ4v) is 4.17. The van der Waals surface area contributed by atoms with Crippen LogP contribution in [0, 0.1) is 19.8 Å². The smallest absolute Gasteiger partial charge is 0.248 e. The van der Waals surface area contributed by atoms with Crippen LogP contribution in [0.1, 0.15) is 30.7 Å². The van der Waals surface area contributed by atoms with Crippen molar-refractivity contribution in [2.24, 2.45) is 5.92 Å². The normalized spacial score (nSPS) is 24.3. The molecule has 108 valence electrons. The monoisotopic (exact) mass is 288 g/mol. The standard InChI is InChI=1S/C12H20N2O4S/c1-8-12(9(2)18-13-8)19(16,17)14(3)7-10-5-4-6-11(10)15/h10-11,15H,4-7H2,1-3H3. The molecule has 1 heterocycles. The predicted octanol–water partition coefficient (Wildman–Crippen LogP) is 1.07. The van der Waals surface area contributed by atoms with Crippen molar-refractivity contribution >= 4 is 10.0 Å². The van der Waals surface area contributed by atoms with Crippen LogP contribution in [0.5, 0.6) is 0 Å². The van der Waals surface area contributed by atoms with Gasteiger partial charge in [-0.3, -0.25) is 0 Å². The summed E-state index contributed by atoms with van der Waals surface area (Å²) in [5.41, 5.74) is 0.372. The number of aromatic nitrogens is 1. The van der Waals surface area contributed by atoms with Crippen LogP contribution >= 0.6 is 0 Å². The molecule has 6 nitrogen and oxygen atoms in total. The van der Waals surface area contributed by atoms with Gasteiger partial charge in [0.25, 0.3) is 0 Å². The van der Waals surface area contributed by atoms with Gasteiger partial charge in [-0.2, -0.15) is 0 Å². The molecule has 0 radical (unpaired) electrons. The highest BCUT2D eigenvalue weighted by molar-refractivity contribution is 7.89. The maximum Gasteiger partial charge on any atom is 0.248 e. The SMILES string of the molecule is Cc1noc(C)c1S(=O)(=O)N(C)CC1CCCC1O. The number of aliphatic hydroxyl groups excluding tert-OH is 1. The van der Waals surface area contributed by atoms with Gasteiger partial charge in [0.1, 0.15) is 10.6 Å². The molecule has 1 aromatic heterocycles. The first-order valence-electron chi connectivity index (χ1n) is 6.41. The van der Waals surface area contributed by atoms with Crippen molar-refractivity contribution in [2.45, 2.75) is 44.1 Å². The lowest BCUT2D eigenvalue weighted by molar-refractivity contribution is 0.123. The zero-order valence-electron chi connectivity index (χ0n) is 11.5. The average molecular weight is 288 g/mol. The Bertz CT molecular complexity index is 533. The van der Waals surface area contributed by atoms with Crippen LogP contribution in [0.2, 0.25) is 0 Å². The van der Waals surface area contributed by atoms with E-state index in [1.807, 2.05) is 0 Å². The summed E-state index contributed by atoms with van der Waals surface area (Å²) in [7, 11) is -2.07. The van der Waals surface area contributed by atoms with Crippen molar-refractivity contribution in [1.29, 1.82) is 0 Å². The van der Waals surface area contributed by atoms with Crippen LogP contribution < -0.4 is 0 Å². The van der Waals surface area contributed by atoms with Gasteiger partial charge in [-0.15, -0.1) is 0 Å². The van der Waals surface area contributed by atoms with E-state index in [0.29, 0.717) is 18.0 Å². The summed E-state index contributed by atoms with van der Waals surface area (Å²) in [4.78, 5) is 0.141. The van der Waals surface area contributed by atoms with Crippen molar-refractivity contribution in [3.05, 3.63) is 11.5 Å². The molecular formula is C12H20N2O4S. The number of rotatable bonds is 4. The van der Waals surface area contributed by atoms with Crippen molar-refractivity contribution in [3.8, 4) is 0 Å². The molecule has 2 unspecified atom stereocenters. The van der Waals surface area contributed by atoms with E-state index in [1.54, 1.807) is 13.8 Å². The molecule has 0 amide bonds. The summed E-state index contributed by atoms with van der Waals surface area (Å²) in [5, 5.41) is 13.5. The summed E-state index contributed by atoms with van der Waals surface area (Å²) >= 11 is 0. The molecular weight excluding hydrogens is 268 g/mol. The number of nitrogens with zero attached hydrogens (tertiary/aromatic N) is 2. The molecule has 1 aliphatic carbocycles. The first-order valence-corrected chi connectivity index (χ1v) is 7.85. The molecule has 0 saturated heterocycles. The van der Waals surface area contributed by atoms with E-state index < -0.39 is 16.1 Å². The first-order chi connectivity index (χ1) is 8.84. The van der Waals surface area contributed by atoms with Crippen molar-refractivity contribution < 1.29 is 18.0 Å². The van der Waals surface area contributed by atoms with Crippen molar-refractivity contribution in [2.75, 3.05) is 13.6 Å². The number of hydrogen-bond donors (Lipinski definition) is 1. The fourth-order valence-electron chi connectivity index (χ4n) is 2.66. The first kappa shape index (κ1) is 14.5. The number of aliphatic hydroxyl groups is 1. The molecule has 0 spiro atoms. The second-order valence-electron chi connectivity index (χ2n) is 5.20. The molecule has 0 bridgehead atoms. The van der Waals surface area contributed by atoms with Gasteiger partial charge in [-0.25, -0.2) is 12.7 Å². The molecule has 2 atom stereocenters. The van der Waals surface area contributed by atoms with Gasteiger partial charge in [-0.1, -0.05) is 11.6 Å². The minimum atomic E-state index is -3.60. The van der Waals surface area contributed by atoms with Crippen LogP contribution in [0.4, 0.5) is 0 Å². The zero-order chi connectivity index (χ0) is 14.2. The number of aryl methyl sites for hydroxylation is 2. The minimum absolute atomic E-state index is 0.0141. The van der Waals surface area contributed by atoms with Gasteiger partial charge < -0.3 is 9.63 Å². The maximum atomic E-state index is 12.5. The van der Waals surface area contributed by atoms with Crippen molar-refractivity contribution in [1.82, 2.24) is 9.46 Å². The van der Waals surface area contributed by atoms with Gasteiger partial charge in [0.2, 0.25) is 10.0 Å². The van der Waals surface area contributed by atoms with Crippen LogP contribution in [0.3, 0.4) is 0 Å². The lowest BCUT2D eigenvalue weighted by Crippen LogP contribution is -2.34. The second-order valence-corrected chi connectivity index (χ2v) is 7.18. The van der Waals surface area contributed by atoms with Crippen LogP contribution in [0.25, 0.3) is 0 Å². The van der Waals surface area contributed by atoms with Gasteiger partial charge in [0, 0.05) is 13.6 Å². The Hall–Kier alpha value is -0.920. The third kappa shape index (κ3) is 2.68. The highest BCUT2D eigenvalue weighted by atomic mass is 32.2. The summed E-state index contributed by atoms with van der Waals surface area (Å²) in [6.45, 7) is 3.53. The largest absolute Gasteiger partial charge is 0.393 e. The zero-order valence-corrected chi connectivity index (χ0v) is 12.3. The predicted molar refractivity (Wildman–Crippen MR) is 69.1 cm³/mol. The Morgan fingerprint density at radius 1 is 1.42 bits per heavy atom. The van der Waals surface area contributed by atoms with Gasteiger partial charge in [0.05, 0.1) is 6.10 Å². The Labute approximate surface area is 113 Å². The van der Waals surface area contributed by atoms with Crippen LogP contribution in [0.15, 0.2) is 9.42 Å². The molecule has 1 fully saturated rings. The van der Waals surface area contributed by atoms with E-state index >= 15 is 0 Å². The van der Waals surface area contributed by atoms with E-state index in [4.69, 9.17) is 4.52 Å². The molecule has 0 aliphatic heterocycles. The Morgan fingerprint density at radius 2 is 2.11 bits per heavy atom. The molecule has 7 heteroatoms. The second kappa shape index (κ2) is 5.22. The van der Waals surface area contributed by atoms with E-state index in [9.17, 15) is 13.5 Å². The lowest BCUT2D eigenvalue weighted by Gasteiger charge is -2.22. The summed E-state index contributed by atoms with van der Waals surface area (Å²) < 4.78 is 31.2. The molecule has 1 aliphatic rings. The third-order valence-electron chi connectivity index (χ3n) is 3.75. The highest BCUT2D eigenvalue weighted by Crippen LogP contribution is 2.29. The van der Waals surface area contributed by atoms with E-state index in [1.165, 1.54) is 11.4 Å². The summed E-state index contributed by atoms with van der Waals surface area (Å²) in [6, 6.07) is 0. The van der Waals surface area contributed by atoms with Gasteiger partial charge in [0.15, 0.2) is 5.76 Å². The average Bonchev–Trinajstić information content (AvgIpc) is 2.86. The molecule has 19 heavy (non-hydrogen) atoms. The molecule has 0 aromatic carbocycles.